The van der Waals surface area contributed by atoms with Gasteiger partial charge in [0.05, 0.1) is 6.54 Å². The van der Waals surface area contributed by atoms with Crippen LogP contribution in [0.15, 0.2) is 60.4 Å². The lowest BCUT2D eigenvalue weighted by molar-refractivity contribution is 0.0827. The van der Waals surface area contributed by atoms with E-state index in [-0.39, 0.29) is 17.1 Å². The Morgan fingerprint density at radius 2 is 1.76 bits per heavy atom. The Bertz CT molecular complexity index is 1300. The van der Waals surface area contributed by atoms with Crippen LogP contribution in [0.5, 0.6) is 0 Å². The van der Waals surface area contributed by atoms with Crippen molar-refractivity contribution in [3.63, 3.8) is 0 Å². The monoisotopic (exact) mass is 458 g/mol. The SMILES string of the molecule is CN1C(=O)c2c(nn(Cc3ccc(N4CC4)cc3)c2Nc2ccc(F)cc2)N2CC(C)(C)C=C12. The summed E-state index contributed by atoms with van der Waals surface area (Å²) in [4.78, 5) is 19.6. The molecule has 1 fully saturated rings. The zero-order valence-electron chi connectivity index (χ0n) is 19.5. The molecule has 4 heterocycles. The number of nitrogens with zero attached hydrogens (tertiary/aromatic N) is 5. The van der Waals surface area contributed by atoms with Crippen LogP contribution in [0, 0.1) is 11.2 Å². The Kier molecular flexibility index (Phi) is 4.49. The lowest BCUT2D eigenvalue weighted by Gasteiger charge is -2.33. The number of hydrogen-bond donors (Lipinski definition) is 1. The maximum atomic E-state index is 13.5. The van der Waals surface area contributed by atoms with Crippen molar-refractivity contribution >= 4 is 28.9 Å². The number of carbonyl (C=O) groups excluding carboxylic acids is 1. The van der Waals surface area contributed by atoms with Crippen molar-refractivity contribution in [1.82, 2.24) is 14.7 Å². The first-order valence-corrected chi connectivity index (χ1v) is 11.5. The second-order valence-corrected chi connectivity index (χ2v) is 9.93. The van der Waals surface area contributed by atoms with Gasteiger partial charge in [-0.3, -0.25) is 9.69 Å². The molecule has 1 amide bonds. The number of benzene rings is 2. The molecule has 0 radical (unpaired) electrons. The van der Waals surface area contributed by atoms with Gasteiger partial charge in [-0.1, -0.05) is 26.0 Å². The van der Waals surface area contributed by atoms with Gasteiger partial charge in [0.25, 0.3) is 5.91 Å². The fourth-order valence-electron chi connectivity index (χ4n) is 4.73. The molecule has 7 nitrogen and oxygen atoms in total. The number of halogens is 1. The third-order valence-electron chi connectivity index (χ3n) is 6.60. The van der Waals surface area contributed by atoms with E-state index in [1.807, 2.05) is 4.68 Å². The molecule has 8 heteroatoms. The molecule has 174 valence electrons. The predicted octanol–water partition coefficient (Wildman–Crippen LogP) is 4.41. The second kappa shape index (κ2) is 7.35. The lowest BCUT2D eigenvalue weighted by Crippen LogP contribution is -2.41. The summed E-state index contributed by atoms with van der Waals surface area (Å²) < 4.78 is 15.4. The maximum Gasteiger partial charge on any atom is 0.266 e. The van der Waals surface area contributed by atoms with Crippen molar-refractivity contribution in [1.29, 1.82) is 0 Å². The van der Waals surface area contributed by atoms with E-state index in [0.717, 1.165) is 31.0 Å². The number of nitrogens with one attached hydrogen (secondary N) is 1. The van der Waals surface area contributed by atoms with E-state index in [1.54, 1.807) is 24.1 Å². The highest BCUT2D eigenvalue weighted by molar-refractivity contribution is 6.07. The Morgan fingerprint density at radius 1 is 1.06 bits per heavy atom. The van der Waals surface area contributed by atoms with Gasteiger partial charge in [-0.2, -0.15) is 5.10 Å². The molecule has 3 aliphatic heterocycles. The molecule has 0 unspecified atom stereocenters. The molecule has 1 aromatic heterocycles. The first-order valence-electron chi connectivity index (χ1n) is 11.5. The van der Waals surface area contributed by atoms with Crippen molar-refractivity contribution in [2.45, 2.75) is 20.4 Å². The zero-order chi connectivity index (χ0) is 23.6. The molecule has 1 saturated heterocycles. The fraction of sp³-hybridized carbons (Fsp3) is 0.308. The highest BCUT2D eigenvalue weighted by atomic mass is 19.1. The molecule has 34 heavy (non-hydrogen) atoms. The van der Waals surface area contributed by atoms with Crippen LogP contribution in [0.1, 0.15) is 29.8 Å². The van der Waals surface area contributed by atoms with Crippen molar-refractivity contribution in [2.24, 2.45) is 5.41 Å². The van der Waals surface area contributed by atoms with Gasteiger partial charge in [0, 0.05) is 43.5 Å². The van der Waals surface area contributed by atoms with Crippen molar-refractivity contribution in [3.8, 4) is 0 Å². The standard InChI is InChI=1S/C26H27FN6O/c1-26(2)14-21-30(3)25(34)22-23(28-19-8-6-18(27)7-9-19)33(29-24(22)32(21)16-26)15-17-4-10-20(11-5-17)31-12-13-31/h4-11,14,28H,12-13,15-16H2,1-3H3. The largest absolute Gasteiger partial charge is 0.368 e. The Hall–Kier alpha value is -3.81. The Balaban J connectivity index is 1.43. The molecule has 6 rings (SSSR count). The van der Waals surface area contributed by atoms with Crippen LogP contribution >= 0.6 is 0 Å². The van der Waals surface area contributed by atoms with Crippen molar-refractivity contribution < 1.29 is 9.18 Å². The van der Waals surface area contributed by atoms with Crippen LogP contribution in [0.25, 0.3) is 0 Å². The lowest BCUT2D eigenvalue weighted by atomic mass is 9.96. The molecule has 2 aromatic carbocycles. The van der Waals surface area contributed by atoms with Crippen LogP contribution in [0.3, 0.4) is 0 Å². The van der Waals surface area contributed by atoms with Gasteiger partial charge in [-0.15, -0.1) is 0 Å². The smallest absolute Gasteiger partial charge is 0.266 e. The van der Waals surface area contributed by atoms with E-state index >= 15 is 0 Å². The molecular formula is C26H27FN6O. The van der Waals surface area contributed by atoms with Gasteiger partial charge in [-0.25, -0.2) is 9.07 Å². The van der Waals surface area contributed by atoms with E-state index in [1.165, 1.54) is 17.8 Å². The first kappa shape index (κ1) is 20.8. The summed E-state index contributed by atoms with van der Waals surface area (Å²) in [5.74, 6) is 1.71. The summed E-state index contributed by atoms with van der Waals surface area (Å²) in [5.41, 5.74) is 3.46. The first-order chi connectivity index (χ1) is 16.3. The van der Waals surface area contributed by atoms with E-state index in [9.17, 15) is 9.18 Å². The Morgan fingerprint density at radius 3 is 2.44 bits per heavy atom. The zero-order valence-corrected chi connectivity index (χ0v) is 19.5. The summed E-state index contributed by atoms with van der Waals surface area (Å²) in [6.07, 6.45) is 2.13. The van der Waals surface area contributed by atoms with Crippen LogP contribution < -0.4 is 15.1 Å². The van der Waals surface area contributed by atoms with E-state index in [0.29, 0.717) is 29.4 Å². The minimum absolute atomic E-state index is 0.0756. The number of aromatic nitrogens is 2. The Labute approximate surface area is 198 Å². The molecule has 0 atom stereocenters. The number of anilines is 4. The molecule has 0 aliphatic carbocycles. The van der Waals surface area contributed by atoms with Crippen LogP contribution in [0.2, 0.25) is 0 Å². The molecule has 0 saturated carbocycles. The van der Waals surface area contributed by atoms with Gasteiger partial charge in [0.1, 0.15) is 23.0 Å². The normalized spacial score (nSPS) is 18.1. The van der Waals surface area contributed by atoms with E-state index in [4.69, 9.17) is 5.10 Å². The minimum atomic E-state index is -0.308. The number of rotatable bonds is 5. The van der Waals surface area contributed by atoms with E-state index in [2.05, 4.69) is 59.3 Å². The van der Waals surface area contributed by atoms with Gasteiger partial charge < -0.3 is 15.1 Å². The molecule has 0 bridgehead atoms. The predicted molar refractivity (Wildman–Crippen MR) is 131 cm³/mol. The molecular weight excluding hydrogens is 431 g/mol. The van der Waals surface area contributed by atoms with Crippen LogP contribution in [-0.4, -0.2) is 47.3 Å². The quantitative estimate of drug-likeness (QED) is 0.574. The third kappa shape index (κ3) is 3.50. The maximum absolute atomic E-state index is 13.5. The summed E-state index contributed by atoms with van der Waals surface area (Å²) in [6.45, 7) is 7.77. The number of amides is 1. The highest BCUT2D eigenvalue weighted by Crippen LogP contribution is 2.43. The molecule has 0 spiro atoms. The summed E-state index contributed by atoms with van der Waals surface area (Å²) >= 11 is 0. The van der Waals surface area contributed by atoms with Crippen LogP contribution in [0.4, 0.5) is 27.4 Å². The second-order valence-electron chi connectivity index (χ2n) is 9.93. The van der Waals surface area contributed by atoms with Gasteiger partial charge in [0.2, 0.25) is 0 Å². The van der Waals surface area contributed by atoms with Gasteiger partial charge >= 0.3 is 0 Å². The fourth-order valence-corrected chi connectivity index (χ4v) is 4.73. The number of fused-ring (bicyclic) bond motifs is 3. The molecule has 3 aromatic rings. The average Bonchev–Trinajstić information content (AvgIpc) is 3.52. The van der Waals surface area contributed by atoms with Crippen molar-refractivity contribution in [2.75, 3.05) is 41.8 Å². The van der Waals surface area contributed by atoms with Crippen molar-refractivity contribution in [3.05, 3.63) is 77.4 Å². The number of hydrogen-bond acceptors (Lipinski definition) is 5. The third-order valence-corrected chi connectivity index (χ3v) is 6.60. The summed E-state index contributed by atoms with van der Waals surface area (Å²) in [6, 6.07) is 14.6. The van der Waals surface area contributed by atoms with Crippen LogP contribution in [-0.2, 0) is 6.54 Å². The van der Waals surface area contributed by atoms with Gasteiger partial charge in [-0.05, 0) is 48.0 Å². The minimum Gasteiger partial charge on any atom is -0.368 e. The van der Waals surface area contributed by atoms with E-state index < -0.39 is 0 Å². The van der Waals surface area contributed by atoms with Gasteiger partial charge in [0.15, 0.2) is 5.82 Å². The summed E-state index contributed by atoms with van der Waals surface area (Å²) in [7, 11) is 1.80. The highest BCUT2D eigenvalue weighted by Gasteiger charge is 2.43. The summed E-state index contributed by atoms with van der Waals surface area (Å²) in [5, 5.41) is 8.28. The number of carbonyl (C=O) groups is 1. The molecule has 3 aliphatic rings. The molecule has 1 N–H and O–H groups in total. The average molecular weight is 459 g/mol. The topological polar surface area (TPSA) is 56.4 Å².